The van der Waals surface area contributed by atoms with Crippen molar-refractivity contribution in [2.75, 3.05) is 33.8 Å². The number of benzene rings is 1. The molecule has 1 rings (SSSR count). The fourth-order valence-corrected chi connectivity index (χ4v) is 3.59. The fraction of sp³-hybridized carbons (Fsp3) is 0.538. The summed E-state index contributed by atoms with van der Waals surface area (Å²) in [6.45, 7) is 9.28. The monoisotopic (exact) mass is 256 g/mol. The van der Waals surface area contributed by atoms with Gasteiger partial charge in [0.15, 0.2) is 0 Å². The van der Waals surface area contributed by atoms with Crippen LogP contribution < -0.4 is 4.74 Å². The largest absolute Gasteiger partial charge is 0.497 e. The van der Waals surface area contributed by atoms with Crippen LogP contribution in [0.1, 0.15) is 11.1 Å². The molecule has 16 heavy (non-hydrogen) atoms. The van der Waals surface area contributed by atoms with Gasteiger partial charge >= 0.3 is 0 Å². The second-order valence-corrected chi connectivity index (χ2v) is 9.62. The topological polar surface area (TPSA) is 9.23 Å². The van der Waals surface area contributed by atoms with Crippen LogP contribution in [0.2, 0.25) is 0 Å². The second-order valence-electron chi connectivity index (χ2n) is 4.66. The van der Waals surface area contributed by atoms with Crippen LogP contribution in [0, 0.1) is 0 Å². The first kappa shape index (κ1) is 13.9. The third-order valence-electron chi connectivity index (χ3n) is 2.26. The van der Waals surface area contributed by atoms with Gasteiger partial charge in [0.05, 0.1) is 7.11 Å². The van der Waals surface area contributed by atoms with Crippen molar-refractivity contribution in [2.24, 2.45) is 0 Å². The molecule has 0 unspecified atom stereocenters. The number of hydrogen-bond donors (Lipinski definition) is 0. The number of hydrogen-bond acceptors (Lipinski definition) is 1. The minimum atomic E-state index is 0.123. The van der Waals surface area contributed by atoms with E-state index < -0.39 is 0 Å². The average molecular weight is 256 g/mol. The lowest BCUT2D eigenvalue weighted by molar-refractivity contribution is 0.414. The van der Waals surface area contributed by atoms with Gasteiger partial charge in [-0.2, -0.15) is 0 Å². The van der Waals surface area contributed by atoms with E-state index in [0.29, 0.717) is 0 Å². The summed E-state index contributed by atoms with van der Waals surface area (Å²) >= 11 is 0. The fourth-order valence-electron chi connectivity index (χ4n) is 1.76. The maximum Gasteiger partial charge on any atom is 0.119 e. The maximum atomic E-state index is 5.37. The van der Waals surface area contributed by atoms with E-state index >= 15 is 0 Å². The van der Waals surface area contributed by atoms with Crippen molar-refractivity contribution in [3.63, 3.8) is 0 Å². The zero-order chi connectivity index (χ0) is 12.1. The van der Waals surface area contributed by atoms with E-state index in [9.17, 15) is 0 Å². The Kier molecular flexibility index (Phi) is 5.73. The molecule has 0 atom stereocenters. The molecule has 0 aromatic heterocycles. The molecule has 0 saturated heterocycles. The van der Waals surface area contributed by atoms with Crippen molar-refractivity contribution in [3.8, 4) is 5.75 Å². The minimum Gasteiger partial charge on any atom is -0.497 e. The van der Waals surface area contributed by atoms with E-state index in [1.165, 1.54) is 23.5 Å². The molecule has 0 fully saturated rings. The highest BCUT2D eigenvalue weighted by Gasteiger charge is 2.05. The molecular weight excluding hydrogens is 234 g/mol. The number of ether oxygens (including phenoxy) is 1. The second kappa shape index (κ2) is 6.58. The van der Waals surface area contributed by atoms with Crippen LogP contribution in [-0.4, -0.2) is 33.8 Å². The van der Waals surface area contributed by atoms with E-state index in [1.54, 1.807) is 7.11 Å². The average Bonchev–Trinajstić information content (AvgIpc) is 2.14. The first-order valence-electron chi connectivity index (χ1n) is 5.47. The summed E-state index contributed by atoms with van der Waals surface area (Å²) in [5.41, 5.74) is 2.87. The molecule has 3 heteroatoms. The minimum absolute atomic E-state index is 0.123. The van der Waals surface area contributed by atoms with Crippen molar-refractivity contribution in [1.82, 2.24) is 0 Å². The van der Waals surface area contributed by atoms with Crippen LogP contribution in [0.15, 0.2) is 18.2 Å². The van der Waals surface area contributed by atoms with Gasteiger partial charge in [0, 0.05) is 0 Å². The van der Waals surface area contributed by atoms with Crippen molar-refractivity contribution >= 4 is 15.8 Å². The highest BCUT2D eigenvalue weighted by molar-refractivity contribution is 7.55. The van der Waals surface area contributed by atoms with E-state index in [1.807, 2.05) is 0 Å². The van der Waals surface area contributed by atoms with Crippen LogP contribution in [-0.2, 0) is 12.3 Å². The van der Waals surface area contributed by atoms with Crippen molar-refractivity contribution in [1.29, 1.82) is 0 Å². The summed E-state index contributed by atoms with van der Waals surface area (Å²) < 4.78 is 5.37. The highest BCUT2D eigenvalue weighted by atomic mass is 31.1. The Hall–Kier alpha value is -0.120. The van der Waals surface area contributed by atoms with Crippen LogP contribution in [0.5, 0.6) is 5.75 Å². The van der Waals surface area contributed by atoms with Crippen LogP contribution >= 0.6 is 15.8 Å². The van der Waals surface area contributed by atoms with Crippen molar-refractivity contribution in [3.05, 3.63) is 29.3 Å². The Labute approximate surface area is 102 Å². The zero-order valence-corrected chi connectivity index (χ0v) is 12.7. The summed E-state index contributed by atoms with van der Waals surface area (Å²) in [7, 11) is 2.00. The Morgan fingerprint density at radius 1 is 0.875 bits per heavy atom. The smallest absolute Gasteiger partial charge is 0.119 e. The van der Waals surface area contributed by atoms with Crippen molar-refractivity contribution < 1.29 is 4.74 Å². The summed E-state index contributed by atoms with van der Waals surface area (Å²) in [4.78, 5) is 0. The Balaban J connectivity index is 2.91. The van der Waals surface area contributed by atoms with Gasteiger partial charge in [-0.3, -0.25) is 0 Å². The third-order valence-corrected chi connectivity index (χ3v) is 4.25. The zero-order valence-electron chi connectivity index (χ0n) is 10.9. The summed E-state index contributed by atoms with van der Waals surface area (Å²) in [5.74, 6) is 1.01. The van der Waals surface area contributed by atoms with Crippen LogP contribution in [0.4, 0.5) is 0 Å². The molecule has 0 amide bonds. The molecule has 0 aliphatic heterocycles. The maximum absolute atomic E-state index is 5.37. The number of methoxy groups -OCH3 is 1. The highest BCUT2D eigenvalue weighted by Crippen LogP contribution is 2.35. The molecule has 0 spiro atoms. The van der Waals surface area contributed by atoms with E-state index in [-0.39, 0.29) is 15.8 Å². The molecule has 0 heterocycles. The molecule has 0 bridgehead atoms. The molecule has 0 radical (unpaired) electrons. The molecule has 0 N–H and O–H groups in total. The van der Waals surface area contributed by atoms with Gasteiger partial charge in [0.1, 0.15) is 5.75 Å². The van der Waals surface area contributed by atoms with Gasteiger partial charge in [-0.05, 0) is 62.2 Å². The number of rotatable bonds is 5. The summed E-state index contributed by atoms with van der Waals surface area (Å²) in [6, 6.07) is 6.71. The van der Waals surface area contributed by atoms with E-state index in [0.717, 1.165) is 5.75 Å². The molecule has 1 nitrogen and oxygen atoms in total. The Morgan fingerprint density at radius 3 is 1.62 bits per heavy atom. The Morgan fingerprint density at radius 2 is 1.31 bits per heavy atom. The third kappa shape index (κ3) is 4.81. The first-order chi connectivity index (χ1) is 7.51. The summed E-state index contributed by atoms with van der Waals surface area (Å²) in [5, 5.41) is 0. The molecule has 1 aromatic carbocycles. The van der Waals surface area contributed by atoms with E-state index in [2.05, 4.69) is 44.9 Å². The molecule has 0 saturated carbocycles. The molecular formula is C13H22OP2. The lowest BCUT2D eigenvalue weighted by Gasteiger charge is -2.12. The summed E-state index contributed by atoms with van der Waals surface area (Å²) in [6.07, 6.45) is 2.40. The lowest BCUT2D eigenvalue weighted by Crippen LogP contribution is -1.92. The first-order valence-corrected chi connectivity index (χ1v) is 10.3. The van der Waals surface area contributed by atoms with Gasteiger partial charge in [-0.25, -0.2) is 0 Å². The van der Waals surface area contributed by atoms with Gasteiger partial charge < -0.3 is 4.74 Å². The molecule has 0 aliphatic carbocycles. The van der Waals surface area contributed by atoms with Gasteiger partial charge in [0.25, 0.3) is 0 Å². The van der Waals surface area contributed by atoms with Crippen LogP contribution in [0.25, 0.3) is 0 Å². The molecule has 90 valence electrons. The SMILES string of the molecule is COc1cc(CP(C)C)cc(CP(C)C)c1. The van der Waals surface area contributed by atoms with Gasteiger partial charge in [0.2, 0.25) is 0 Å². The Bertz CT molecular complexity index is 306. The molecule has 0 aliphatic rings. The standard InChI is InChI=1S/C13H22OP2/c1-14-13-7-11(9-15(2)3)6-12(8-13)10-16(4)5/h6-8H,9-10H2,1-5H3. The van der Waals surface area contributed by atoms with E-state index in [4.69, 9.17) is 4.74 Å². The van der Waals surface area contributed by atoms with Gasteiger partial charge in [-0.15, -0.1) is 15.8 Å². The normalized spacial score (nSPS) is 11.2. The van der Waals surface area contributed by atoms with Crippen molar-refractivity contribution in [2.45, 2.75) is 12.3 Å². The predicted molar refractivity (Wildman–Crippen MR) is 77.9 cm³/mol. The van der Waals surface area contributed by atoms with Crippen LogP contribution in [0.3, 0.4) is 0 Å². The lowest BCUT2D eigenvalue weighted by atomic mass is 10.1. The predicted octanol–water partition coefficient (Wildman–Crippen LogP) is 4.18. The quantitative estimate of drug-likeness (QED) is 0.718. The van der Waals surface area contributed by atoms with Gasteiger partial charge in [-0.1, -0.05) is 6.07 Å². The molecule has 1 aromatic rings.